The molecular formula is C23H30O7. The van der Waals surface area contributed by atoms with Crippen LogP contribution in [-0.4, -0.2) is 50.9 Å². The maximum atomic E-state index is 12.4. The fourth-order valence-corrected chi connectivity index (χ4v) is 8.24. The monoisotopic (exact) mass is 418 g/mol. The van der Waals surface area contributed by atoms with Crippen molar-refractivity contribution in [3.05, 3.63) is 11.6 Å². The number of rotatable bonds is 4. The Bertz CT molecular complexity index is 864. The summed E-state index contributed by atoms with van der Waals surface area (Å²) in [6.07, 6.45) is 3.47. The Hall–Kier alpha value is -1.73. The van der Waals surface area contributed by atoms with E-state index in [1.807, 2.05) is 6.92 Å². The number of carboxylic acids is 2. The highest BCUT2D eigenvalue weighted by molar-refractivity contribution is 5.92. The third kappa shape index (κ3) is 2.31. The molecule has 9 atom stereocenters. The molecule has 164 valence electrons. The molecule has 0 unspecified atom stereocenters. The van der Waals surface area contributed by atoms with Gasteiger partial charge in [0.15, 0.2) is 5.78 Å². The van der Waals surface area contributed by atoms with Crippen molar-refractivity contribution in [1.82, 2.24) is 0 Å². The van der Waals surface area contributed by atoms with Crippen LogP contribution in [0.1, 0.15) is 58.8 Å². The molecule has 30 heavy (non-hydrogen) atoms. The van der Waals surface area contributed by atoms with Crippen molar-refractivity contribution in [3.63, 3.8) is 0 Å². The zero-order valence-electron chi connectivity index (χ0n) is 17.5. The number of hydrogen-bond acceptors (Lipinski definition) is 5. The molecule has 1 heterocycles. The van der Waals surface area contributed by atoms with Crippen LogP contribution in [0.25, 0.3) is 0 Å². The SMILES string of the molecule is C[C@@]12C3=CC(=O)C[C@@H]1O[C@@H]1C[C@H]2[C@@H]([C@H](C(=O)O)C3)[C@@H]2CC[C@@](O)(CCC(=O)O)[C@@]12C. The number of aliphatic hydroxyl groups is 1. The second kappa shape index (κ2) is 6.16. The fourth-order valence-electron chi connectivity index (χ4n) is 8.24. The fraction of sp³-hybridized carbons (Fsp3) is 0.783. The number of carbonyl (C=O) groups excluding carboxylic acids is 1. The molecule has 5 rings (SSSR count). The second-order valence-corrected chi connectivity index (χ2v) is 10.7. The number of aliphatic carboxylic acids is 2. The van der Waals surface area contributed by atoms with Gasteiger partial charge in [0.1, 0.15) is 0 Å². The quantitative estimate of drug-likeness (QED) is 0.641. The number of ketones is 1. The Morgan fingerprint density at radius 1 is 1.17 bits per heavy atom. The van der Waals surface area contributed by atoms with Crippen molar-refractivity contribution in [1.29, 1.82) is 0 Å². The second-order valence-electron chi connectivity index (χ2n) is 10.7. The van der Waals surface area contributed by atoms with Crippen molar-refractivity contribution >= 4 is 17.7 Å². The first-order valence-corrected chi connectivity index (χ1v) is 11.1. The molecule has 1 saturated heterocycles. The van der Waals surface area contributed by atoms with Crippen molar-refractivity contribution in [2.75, 3.05) is 0 Å². The summed E-state index contributed by atoms with van der Waals surface area (Å²) >= 11 is 0. The first-order chi connectivity index (χ1) is 14.0. The van der Waals surface area contributed by atoms with Gasteiger partial charge in [-0.1, -0.05) is 19.4 Å². The minimum Gasteiger partial charge on any atom is -0.481 e. The number of carboxylic acid groups (broad SMARTS) is 2. The van der Waals surface area contributed by atoms with Gasteiger partial charge < -0.3 is 20.1 Å². The Labute approximate surface area is 175 Å². The number of ether oxygens (including phenoxy) is 1. The standard InChI is InChI=1S/C23H30O7/c1-21-11-7-12(24)9-16(21)30-17-10-15(21)19(13(8-11)20(27)28)14-3-5-23(29,22(14,17)2)6-4-18(25)26/h7,13-17,19,29H,3-6,8-10H2,1-2H3,(H,25,26)(H,27,28)/t13-,14+,15+,16+,17-,19+,21+,22-,23-/m1/s1. The van der Waals surface area contributed by atoms with Crippen LogP contribution in [0, 0.1) is 34.5 Å². The molecule has 4 aliphatic carbocycles. The van der Waals surface area contributed by atoms with Crippen LogP contribution in [0.15, 0.2) is 11.6 Å². The van der Waals surface area contributed by atoms with E-state index in [1.54, 1.807) is 6.08 Å². The van der Waals surface area contributed by atoms with Crippen LogP contribution in [-0.2, 0) is 19.1 Å². The summed E-state index contributed by atoms with van der Waals surface area (Å²) in [7, 11) is 0. The highest BCUT2D eigenvalue weighted by Crippen LogP contribution is 2.72. The molecule has 0 amide bonds. The summed E-state index contributed by atoms with van der Waals surface area (Å²) in [6, 6.07) is 0. The molecule has 3 saturated carbocycles. The number of carbonyl (C=O) groups is 3. The van der Waals surface area contributed by atoms with Gasteiger partial charge in [0.05, 0.1) is 23.7 Å². The van der Waals surface area contributed by atoms with E-state index < -0.39 is 28.9 Å². The number of fused-ring (bicyclic) bond motifs is 4. The Balaban J connectivity index is 1.64. The largest absolute Gasteiger partial charge is 0.481 e. The van der Waals surface area contributed by atoms with E-state index in [1.165, 1.54) is 0 Å². The third-order valence-electron chi connectivity index (χ3n) is 9.86. The van der Waals surface area contributed by atoms with Gasteiger partial charge in [-0.05, 0) is 55.9 Å². The van der Waals surface area contributed by atoms with Crippen molar-refractivity contribution < 1.29 is 34.4 Å². The maximum Gasteiger partial charge on any atom is 0.307 e. The molecule has 1 aliphatic heterocycles. The highest BCUT2D eigenvalue weighted by atomic mass is 16.5. The molecule has 4 fully saturated rings. The van der Waals surface area contributed by atoms with E-state index >= 15 is 0 Å². The molecular weight excluding hydrogens is 388 g/mol. The van der Waals surface area contributed by atoms with Crippen LogP contribution in [0.5, 0.6) is 0 Å². The molecule has 2 bridgehead atoms. The van der Waals surface area contributed by atoms with Crippen LogP contribution >= 0.6 is 0 Å². The summed E-state index contributed by atoms with van der Waals surface area (Å²) < 4.78 is 6.59. The summed E-state index contributed by atoms with van der Waals surface area (Å²) in [5.74, 6) is -2.46. The van der Waals surface area contributed by atoms with Gasteiger partial charge in [-0.2, -0.15) is 0 Å². The Kier molecular flexibility index (Phi) is 4.15. The molecule has 0 radical (unpaired) electrons. The van der Waals surface area contributed by atoms with E-state index in [4.69, 9.17) is 4.74 Å². The normalized spacial score (nSPS) is 51.2. The molecule has 0 aromatic carbocycles. The molecule has 7 nitrogen and oxygen atoms in total. The summed E-state index contributed by atoms with van der Waals surface area (Å²) in [5.41, 5.74) is -1.36. The zero-order valence-corrected chi connectivity index (χ0v) is 17.5. The molecule has 0 aromatic heterocycles. The van der Waals surface area contributed by atoms with Crippen molar-refractivity contribution in [2.45, 2.75) is 76.6 Å². The minimum absolute atomic E-state index is 0.0238. The molecule has 0 aromatic rings. The lowest BCUT2D eigenvalue weighted by Gasteiger charge is -2.68. The lowest BCUT2D eigenvalue weighted by atomic mass is 9.41. The smallest absolute Gasteiger partial charge is 0.307 e. The predicted octanol–water partition coefficient (Wildman–Crippen LogP) is 2.41. The number of hydrogen-bond donors (Lipinski definition) is 3. The van der Waals surface area contributed by atoms with E-state index in [9.17, 15) is 29.7 Å². The zero-order chi connectivity index (χ0) is 21.6. The van der Waals surface area contributed by atoms with Gasteiger partial charge in [-0.25, -0.2) is 0 Å². The van der Waals surface area contributed by atoms with Crippen molar-refractivity contribution in [3.8, 4) is 0 Å². The highest BCUT2D eigenvalue weighted by Gasteiger charge is 2.73. The molecule has 0 spiro atoms. The van der Waals surface area contributed by atoms with Gasteiger partial charge in [0.2, 0.25) is 0 Å². The summed E-state index contributed by atoms with van der Waals surface area (Å²) in [5, 5.41) is 31.0. The molecule has 5 aliphatic rings. The summed E-state index contributed by atoms with van der Waals surface area (Å²) in [4.78, 5) is 36.0. The van der Waals surface area contributed by atoms with E-state index in [0.29, 0.717) is 25.7 Å². The average Bonchev–Trinajstić information content (AvgIpc) is 2.93. The van der Waals surface area contributed by atoms with Gasteiger partial charge in [-0.15, -0.1) is 0 Å². The predicted molar refractivity (Wildman–Crippen MR) is 104 cm³/mol. The lowest BCUT2D eigenvalue weighted by molar-refractivity contribution is -0.282. The van der Waals surface area contributed by atoms with Crippen molar-refractivity contribution in [2.24, 2.45) is 34.5 Å². The van der Waals surface area contributed by atoms with Crippen LogP contribution < -0.4 is 0 Å². The van der Waals surface area contributed by atoms with Gasteiger partial charge in [0, 0.05) is 23.7 Å². The van der Waals surface area contributed by atoms with Gasteiger partial charge in [-0.3, -0.25) is 14.4 Å². The summed E-state index contributed by atoms with van der Waals surface area (Å²) in [6.45, 7) is 4.11. The minimum atomic E-state index is -1.21. The van der Waals surface area contributed by atoms with Gasteiger partial charge in [0.25, 0.3) is 0 Å². The Morgan fingerprint density at radius 2 is 1.90 bits per heavy atom. The molecule has 3 N–H and O–H groups in total. The van der Waals surface area contributed by atoms with E-state index in [0.717, 1.165) is 5.57 Å². The van der Waals surface area contributed by atoms with Crippen LogP contribution in [0.4, 0.5) is 0 Å². The third-order valence-corrected chi connectivity index (χ3v) is 9.86. The molecule has 7 heteroatoms. The lowest BCUT2D eigenvalue weighted by Crippen LogP contribution is -2.70. The first kappa shape index (κ1) is 20.2. The Morgan fingerprint density at radius 3 is 2.57 bits per heavy atom. The van der Waals surface area contributed by atoms with Gasteiger partial charge >= 0.3 is 11.9 Å². The topological polar surface area (TPSA) is 121 Å². The first-order valence-electron chi connectivity index (χ1n) is 11.1. The maximum absolute atomic E-state index is 12.4. The van der Waals surface area contributed by atoms with Crippen LogP contribution in [0.2, 0.25) is 0 Å². The van der Waals surface area contributed by atoms with E-state index in [-0.39, 0.29) is 60.4 Å². The average molecular weight is 418 g/mol. The van der Waals surface area contributed by atoms with E-state index in [2.05, 4.69) is 6.92 Å². The van der Waals surface area contributed by atoms with Crippen LogP contribution in [0.3, 0.4) is 0 Å².